The number of hydrogen-bond acceptors (Lipinski definition) is 5. The normalized spacial score (nSPS) is 23.1. The summed E-state index contributed by atoms with van der Waals surface area (Å²) in [5, 5.41) is 8.66. The molecule has 1 saturated heterocycles. The van der Waals surface area contributed by atoms with Crippen LogP contribution in [0.3, 0.4) is 0 Å². The van der Waals surface area contributed by atoms with Crippen LogP contribution in [-0.4, -0.2) is 48.6 Å². The maximum atomic E-state index is 4.85. The number of pyridine rings is 1. The van der Waals surface area contributed by atoms with Crippen LogP contribution in [0.1, 0.15) is 75.3 Å². The van der Waals surface area contributed by atoms with Crippen LogP contribution in [-0.2, 0) is 6.42 Å². The molecule has 1 atom stereocenters. The predicted molar refractivity (Wildman–Crippen MR) is 136 cm³/mol. The molecule has 0 radical (unpaired) electrons. The zero-order valence-corrected chi connectivity index (χ0v) is 21.5. The molecule has 178 valence electrons. The standard InChI is InChI=1S/C28H36N6/c1-16-8-24(31-34-15-17(2)30-26(16)34)23-9-18-10-25(21-11-20(21)22(18)14-29-23)33(7)19-12-27(3,4)32-28(5,6)13-19/h8-9,14-15,19-20,32H,10-13H2,1-7H3. The minimum Gasteiger partial charge on any atom is -0.375 e. The van der Waals surface area contributed by atoms with E-state index in [9.17, 15) is 0 Å². The quantitative estimate of drug-likeness (QED) is 0.605. The Morgan fingerprint density at radius 3 is 2.53 bits per heavy atom. The third kappa shape index (κ3) is 3.63. The number of fused-ring (bicyclic) bond motifs is 4. The summed E-state index contributed by atoms with van der Waals surface area (Å²) in [5.74, 6) is 0.555. The van der Waals surface area contributed by atoms with Crippen LogP contribution in [0.25, 0.3) is 17.0 Å². The van der Waals surface area contributed by atoms with Gasteiger partial charge in [-0.2, -0.15) is 5.10 Å². The summed E-state index contributed by atoms with van der Waals surface area (Å²) in [6.45, 7) is 13.5. The molecule has 0 spiro atoms. The van der Waals surface area contributed by atoms with E-state index in [0.717, 1.165) is 47.6 Å². The van der Waals surface area contributed by atoms with Crippen molar-refractivity contribution in [2.45, 2.75) is 90.3 Å². The number of rotatable bonds is 3. The van der Waals surface area contributed by atoms with Gasteiger partial charge in [-0.3, -0.25) is 4.98 Å². The van der Waals surface area contributed by atoms with Gasteiger partial charge >= 0.3 is 0 Å². The Bertz CT molecular complexity index is 1330. The molecule has 3 aromatic heterocycles. The highest BCUT2D eigenvalue weighted by Crippen LogP contribution is 2.54. The van der Waals surface area contributed by atoms with E-state index >= 15 is 0 Å². The average Bonchev–Trinajstić information content (AvgIpc) is 3.45. The molecule has 2 aliphatic carbocycles. The van der Waals surface area contributed by atoms with Gasteiger partial charge in [0.25, 0.3) is 0 Å². The van der Waals surface area contributed by atoms with Crippen LogP contribution in [0.4, 0.5) is 0 Å². The fourth-order valence-electron chi connectivity index (χ4n) is 6.67. The average molecular weight is 457 g/mol. The zero-order valence-electron chi connectivity index (χ0n) is 21.5. The van der Waals surface area contributed by atoms with Crippen molar-refractivity contribution in [2.24, 2.45) is 0 Å². The molecule has 0 amide bonds. The Balaban J connectivity index is 1.32. The number of imidazole rings is 1. The molecule has 1 unspecified atom stereocenters. The summed E-state index contributed by atoms with van der Waals surface area (Å²) in [6.07, 6.45) is 8.59. The Hall–Kier alpha value is -2.73. The first-order valence-corrected chi connectivity index (χ1v) is 12.6. The van der Waals surface area contributed by atoms with E-state index in [1.807, 2.05) is 17.6 Å². The summed E-state index contributed by atoms with van der Waals surface area (Å²) >= 11 is 0. The molecule has 4 heterocycles. The van der Waals surface area contributed by atoms with E-state index in [-0.39, 0.29) is 11.1 Å². The highest BCUT2D eigenvalue weighted by Gasteiger charge is 2.44. The summed E-state index contributed by atoms with van der Waals surface area (Å²) in [5.41, 5.74) is 11.2. The van der Waals surface area contributed by atoms with Gasteiger partial charge in [-0.15, -0.1) is 0 Å². The van der Waals surface area contributed by atoms with Gasteiger partial charge in [0.05, 0.1) is 17.6 Å². The van der Waals surface area contributed by atoms with Crippen LogP contribution < -0.4 is 5.32 Å². The van der Waals surface area contributed by atoms with Crippen molar-refractivity contribution in [1.29, 1.82) is 0 Å². The van der Waals surface area contributed by atoms with Crippen LogP contribution in [0.15, 0.2) is 35.8 Å². The van der Waals surface area contributed by atoms with Gasteiger partial charge in [-0.05, 0) is 95.2 Å². The lowest BCUT2D eigenvalue weighted by molar-refractivity contribution is 0.0971. The molecule has 1 N–H and O–H groups in total. The van der Waals surface area contributed by atoms with E-state index < -0.39 is 0 Å². The lowest BCUT2D eigenvalue weighted by Crippen LogP contribution is -2.61. The first-order valence-electron chi connectivity index (χ1n) is 12.6. The van der Waals surface area contributed by atoms with Gasteiger partial charge in [0.2, 0.25) is 0 Å². The number of allylic oxidation sites excluding steroid dienone is 2. The third-order valence-corrected chi connectivity index (χ3v) is 7.95. The molecule has 2 fully saturated rings. The SMILES string of the molecule is Cc1cn2nc(-c3cc4c(cn3)C3CC3=C(N(C)C3CC(C)(C)NC(C)(C)C3)C4)cc(C)c2n1. The molecule has 1 saturated carbocycles. The number of likely N-dealkylation sites (N-methyl/N-ethyl adjacent to an activating group) is 1. The zero-order chi connectivity index (χ0) is 24.0. The number of nitrogens with one attached hydrogen (secondary N) is 1. The number of aromatic nitrogens is 4. The van der Waals surface area contributed by atoms with Gasteiger partial charge in [-0.1, -0.05) is 0 Å². The Labute approximate surface area is 202 Å². The molecule has 3 aliphatic rings. The van der Waals surface area contributed by atoms with Gasteiger partial charge in [0.15, 0.2) is 5.65 Å². The topological polar surface area (TPSA) is 58.4 Å². The first kappa shape index (κ1) is 21.8. The van der Waals surface area contributed by atoms with E-state index in [1.165, 1.54) is 23.2 Å². The number of aryl methyl sites for hydroxylation is 2. The Morgan fingerprint density at radius 1 is 1.06 bits per heavy atom. The molecule has 1 aliphatic heterocycles. The molecule has 6 rings (SSSR count). The van der Waals surface area contributed by atoms with Crippen molar-refractivity contribution in [3.05, 3.63) is 58.2 Å². The largest absolute Gasteiger partial charge is 0.375 e. The number of piperidine rings is 1. The molecule has 34 heavy (non-hydrogen) atoms. The summed E-state index contributed by atoms with van der Waals surface area (Å²) < 4.78 is 1.89. The van der Waals surface area contributed by atoms with Crippen molar-refractivity contribution < 1.29 is 0 Å². The number of nitrogens with zero attached hydrogens (tertiary/aromatic N) is 5. The summed E-state index contributed by atoms with van der Waals surface area (Å²) in [7, 11) is 2.33. The van der Waals surface area contributed by atoms with E-state index in [4.69, 9.17) is 10.1 Å². The summed E-state index contributed by atoms with van der Waals surface area (Å²) in [4.78, 5) is 12.1. The van der Waals surface area contributed by atoms with E-state index in [0.29, 0.717) is 12.0 Å². The third-order valence-electron chi connectivity index (χ3n) is 7.95. The van der Waals surface area contributed by atoms with E-state index in [2.05, 4.69) is 75.2 Å². The van der Waals surface area contributed by atoms with Gasteiger partial charge in [-0.25, -0.2) is 9.50 Å². The van der Waals surface area contributed by atoms with Gasteiger partial charge < -0.3 is 10.2 Å². The smallest absolute Gasteiger partial charge is 0.156 e. The van der Waals surface area contributed by atoms with Crippen molar-refractivity contribution in [1.82, 2.24) is 29.8 Å². The van der Waals surface area contributed by atoms with Crippen LogP contribution >= 0.6 is 0 Å². The predicted octanol–water partition coefficient (Wildman–Crippen LogP) is 4.95. The van der Waals surface area contributed by atoms with Crippen LogP contribution in [0.2, 0.25) is 0 Å². The van der Waals surface area contributed by atoms with Crippen molar-refractivity contribution in [3.8, 4) is 11.4 Å². The molecular formula is C28H36N6. The van der Waals surface area contributed by atoms with Crippen LogP contribution in [0, 0.1) is 13.8 Å². The Morgan fingerprint density at radius 2 is 1.79 bits per heavy atom. The van der Waals surface area contributed by atoms with Crippen molar-refractivity contribution >= 4 is 5.65 Å². The fraction of sp³-hybridized carbons (Fsp3) is 0.536. The van der Waals surface area contributed by atoms with Crippen LogP contribution in [0.5, 0.6) is 0 Å². The maximum absolute atomic E-state index is 4.85. The minimum absolute atomic E-state index is 0.145. The fourth-order valence-corrected chi connectivity index (χ4v) is 6.67. The molecular weight excluding hydrogens is 420 g/mol. The van der Waals surface area contributed by atoms with Crippen molar-refractivity contribution in [2.75, 3.05) is 7.05 Å². The first-order chi connectivity index (χ1) is 16.0. The monoisotopic (exact) mass is 456 g/mol. The molecule has 6 heteroatoms. The second-order valence-electron chi connectivity index (χ2n) is 12.1. The van der Waals surface area contributed by atoms with E-state index in [1.54, 1.807) is 5.57 Å². The Kier molecular flexibility index (Phi) is 4.57. The van der Waals surface area contributed by atoms with Gasteiger partial charge in [0.1, 0.15) is 5.69 Å². The van der Waals surface area contributed by atoms with Crippen molar-refractivity contribution in [3.63, 3.8) is 0 Å². The minimum atomic E-state index is 0.145. The lowest BCUT2D eigenvalue weighted by atomic mass is 9.78. The summed E-state index contributed by atoms with van der Waals surface area (Å²) in [6, 6.07) is 4.95. The lowest BCUT2D eigenvalue weighted by Gasteiger charge is -2.50. The molecule has 0 bridgehead atoms. The number of hydrogen-bond donors (Lipinski definition) is 1. The molecule has 0 aromatic carbocycles. The maximum Gasteiger partial charge on any atom is 0.156 e. The molecule has 3 aromatic rings. The second kappa shape index (κ2) is 7.14. The van der Waals surface area contributed by atoms with Gasteiger partial charge in [0, 0.05) is 48.4 Å². The highest BCUT2D eigenvalue weighted by molar-refractivity contribution is 5.63. The highest BCUT2D eigenvalue weighted by atomic mass is 15.3. The second-order valence-corrected chi connectivity index (χ2v) is 12.1. The molecule has 6 nitrogen and oxygen atoms in total.